The molecule has 0 bridgehead atoms. The van der Waals surface area contributed by atoms with Gasteiger partial charge < -0.3 is 5.32 Å². The third kappa shape index (κ3) is 4.29. The lowest BCUT2D eigenvalue weighted by Crippen LogP contribution is -2.48. The van der Waals surface area contributed by atoms with Gasteiger partial charge in [-0.15, -0.1) is 11.3 Å². The molecule has 0 aliphatic carbocycles. The highest BCUT2D eigenvalue weighted by Crippen LogP contribution is 2.27. The Bertz CT molecular complexity index is 527. The molecule has 1 saturated heterocycles. The summed E-state index contributed by atoms with van der Waals surface area (Å²) in [4.78, 5) is 1.24. The number of sulfone groups is 1. The lowest BCUT2D eigenvalue weighted by atomic mass is 10.0. The van der Waals surface area contributed by atoms with Crippen LogP contribution in [-0.2, 0) is 16.3 Å². The van der Waals surface area contributed by atoms with E-state index in [1.54, 1.807) is 11.3 Å². The Hall–Kier alpha value is 0.0900. The Labute approximate surface area is 134 Å². The van der Waals surface area contributed by atoms with E-state index in [2.05, 4.69) is 39.6 Å². The molecule has 0 saturated carbocycles. The van der Waals surface area contributed by atoms with Crippen LogP contribution in [0.2, 0.25) is 0 Å². The largest absolute Gasteiger partial charge is 0.312 e. The fourth-order valence-electron chi connectivity index (χ4n) is 2.77. The Balaban J connectivity index is 2.13. The molecule has 1 aromatic rings. The van der Waals surface area contributed by atoms with Crippen LogP contribution >= 0.6 is 27.3 Å². The van der Waals surface area contributed by atoms with Crippen LogP contribution in [0.1, 0.15) is 37.5 Å². The molecule has 0 spiro atoms. The Kier molecular flexibility index (Phi) is 6.08. The lowest BCUT2D eigenvalue weighted by Gasteiger charge is -2.30. The highest BCUT2D eigenvalue weighted by atomic mass is 79.9. The molecule has 2 heterocycles. The van der Waals surface area contributed by atoms with E-state index in [1.165, 1.54) is 4.88 Å². The molecule has 20 heavy (non-hydrogen) atoms. The molecule has 2 atom stereocenters. The van der Waals surface area contributed by atoms with Crippen molar-refractivity contribution in [3.8, 4) is 0 Å². The predicted octanol–water partition coefficient (Wildman–Crippen LogP) is 3.39. The summed E-state index contributed by atoms with van der Waals surface area (Å²) < 4.78 is 25.8. The lowest BCUT2D eigenvalue weighted by molar-refractivity contribution is 0.435. The fraction of sp³-hybridized carbons (Fsp3) is 0.714. The summed E-state index contributed by atoms with van der Waals surface area (Å²) >= 11 is 5.16. The quantitative estimate of drug-likeness (QED) is 0.823. The average molecular weight is 380 g/mol. The summed E-state index contributed by atoms with van der Waals surface area (Å²) in [6.45, 7) is 2.99. The number of hydrogen-bond acceptors (Lipinski definition) is 4. The molecule has 0 radical (unpaired) electrons. The van der Waals surface area contributed by atoms with Crippen LogP contribution in [0, 0.1) is 0 Å². The zero-order chi connectivity index (χ0) is 14.6. The maximum Gasteiger partial charge on any atom is 0.154 e. The summed E-state index contributed by atoms with van der Waals surface area (Å²) in [5.41, 5.74) is 0. The molecule has 2 rings (SSSR count). The Morgan fingerprint density at radius 1 is 1.50 bits per heavy atom. The van der Waals surface area contributed by atoms with Gasteiger partial charge in [-0.25, -0.2) is 8.42 Å². The van der Waals surface area contributed by atoms with E-state index in [4.69, 9.17) is 0 Å². The van der Waals surface area contributed by atoms with Crippen LogP contribution in [0.5, 0.6) is 0 Å². The molecule has 3 nitrogen and oxygen atoms in total. The monoisotopic (exact) mass is 379 g/mol. The molecule has 1 aliphatic rings. The number of halogens is 1. The first-order valence-electron chi connectivity index (χ1n) is 7.21. The summed E-state index contributed by atoms with van der Waals surface area (Å²) in [6, 6.07) is 2.14. The van der Waals surface area contributed by atoms with Crippen molar-refractivity contribution < 1.29 is 8.42 Å². The van der Waals surface area contributed by atoms with Gasteiger partial charge in [0.25, 0.3) is 0 Å². The van der Waals surface area contributed by atoms with Gasteiger partial charge in [0, 0.05) is 20.8 Å². The number of rotatable bonds is 6. The van der Waals surface area contributed by atoms with Crippen LogP contribution in [0.15, 0.2) is 15.9 Å². The number of nitrogens with one attached hydrogen (secondary N) is 1. The predicted molar refractivity (Wildman–Crippen MR) is 89.2 cm³/mol. The third-order valence-corrected chi connectivity index (χ3v) is 7.84. The summed E-state index contributed by atoms with van der Waals surface area (Å²) in [5, 5.41) is 5.30. The average Bonchev–Trinajstić information content (AvgIpc) is 2.80. The van der Waals surface area contributed by atoms with Gasteiger partial charge in [0.15, 0.2) is 9.84 Å². The smallest absolute Gasteiger partial charge is 0.154 e. The minimum atomic E-state index is -2.94. The maximum absolute atomic E-state index is 12.3. The second-order valence-corrected chi connectivity index (χ2v) is 9.65. The van der Waals surface area contributed by atoms with E-state index in [-0.39, 0.29) is 11.3 Å². The van der Waals surface area contributed by atoms with Crippen molar-refractivity contribution >= 4 is 37.1 Å². The normalized spacial score (nSPS) is 23.6. The van der Waals surface area contributed by atoms with Crippen LogP contribution in [0.4, 0.5) is 0 Å². The summed E-state index contributed by atoms with van der Waals surface area (Å²) in [5.74, 6) is 0.357. The summed E-state index contributed by atoms with van der Waals surface area (Å²) in [6.07, 6.45) is 4.49. The minimum absolute atomic E-state index is 0.0470. The van der Waals surface area contributed by atoms with Gasteiger partial charge in [0.05, 0.1) is 11.0 Å². The SMILES string of the molecule is CCCNC(Cc1cc(Br)cs1)C1CCCCS1(=O)=O. The first kappa shape index (κ1) is 16.5. The second kappa shape index (κ2) is 7.38. The Morgan fingerprint density at radius 2 is 2.30 bits per heavy atom. The highest BCUT2D eigenvalue weighted by Gasteiger charge is 2.35. The molecule has 1 fully saturated rings. The summed E-state index contributed by atoms with van der Waals surface area (Å²) in [7, 11) is -2.94. The van der Waals surface area contributed by atoms with Gasteiger partial charge in [0.1, 0.15) is 0 Å². The molecular formula is C14H22BrNO2S2. The van der Waals surface area contributed by atoms with Gasteiger partial charge in [-0.2, -0.15) is 0 Å². The van der Waals surface area contributed by atoms with E-state index in [0.717, 1.165) is 43.1 Å². The van der Waals surface area contributed by atoms with Crippen molar-refractivity contribution in [1.29, 1.82) is 0 Å². The van der Waals surface area contributed by atoms with Crippen LogP contribution in [0.3, 0.4) is 0 Å². The van der Waals surface area contributed by atoms with E-state index < -0.39 is 9.84 Å². The zero-order valence-corrected chi connectivity index (χ0v) is 15.0. The second-order valence-electron chi connectivity index (χ2n) is 5.40. The zero-order valence-electron chi connectivity index (χ0n) is 11.8. The first-order valence-corrected chi connectivity index (χ1v) is 10.6. The first-order chi connectivity index (χ1) is 9.53. The minimum Gasteiger partial charge on any atom is -0.312 e. The standard InChI is InChI=1S/C14H22BrNO2S2/c1-2-6-16-13(9-12-8-11(15)10-19-12)14-5-3-4-7-20(14,17)18/h8,10,13-14,16H,2-7,9H2,1H3. The molecule has 2 unspecified atom stereocenters. The fourth-order valence-corrected chi connectivity index (χ4v) is 6.41. The van der Waals surface area contributed by atoms with Crippen LogP contribution in [-0.4, -0.2) is 32.0 Å². The maximum atomic E-state index is 12.3. The van der Waals surface area contributed by atoms with Crippen LogP contribution in [0.25, 0.3) is 0 Å². The molecule has 1 N–H and O–H groups in total. The molecule has 6 heteroatoms. The van der Waals surface area contributed by atoms with Gasteiger partial charge in [-0.1, -0.05) is 13.3 Å². The van der Waals surface area contributed by atoms with Gasteiger partial charge in [-0.05, 0) is 54.2 Å². The third-order valence-electron chi connectivity index (χ3n) is 3.78. The highest BCUT2D eigenvalue weighted by molar-refractivity contribution is 9.10. The van der Waals surface area contributed by atoms with Gasteiger partial charge in [-0.3, -0.25) is 0 Å². The molecule has 0 aromatic carbocycles. The van der Waals surface area contributed by atoms with Crippen molar-refractivity contribution in [3.05, 3.63) is 20.8 Å². The van der Waals surface area contributed by atoms with Crippen molar-refractivity contribution in [3.63, 3.8) is 0 Å². The molecule has 1 aromatic heterocycles. The number of thiophene rings is 1. The molecular weight excluding hydrogens is 358 g/mol. The van der Waals surface area contributed by atoms with Crippen LogP contribution < -0.4 is 5.32 Å². The van der Waals surface area contributed by atoms with Crippen molar-refractivity contribution in [1.82, 2.24) is 5.32 Å². The van der Waals surface area contributed by atoms with Crippen molar-refractivity contribution in [2.24, 2.45) is 0 Å². The van der Waals surface area contributed by atoms with E-state index >= 15 is 0 Å². The molecule has 0 amide bonds. The van der Waals surface area contributed by atoms with Crippen molar-refractivity contribution in [2.45, 2.75) is 50.3 Å². The van der Waals surface area contributed by atoms with E-state index in [9.17, 15) is 8.42 Å². The number of hydrogen-bond donors (Lipinski definition) is 1. The van der Waals surface area contributed by atoms with Gasteiger partial charge >= 0.3 is 0 Å². The molecule has 1 aliphatic heterocycles. The van der Waals surface area contributed by atoms with E-state index in [0.29, 0.717) is 5.75 Å². The van der Waals surface area contributed by atoms with Crippen molar-refractivity contribution in [2.75, 3.05) is 12.3 Å². The molecule has 114 valence electrons. The van der Waals surface area contributed by atoms with Gasteiger partial charge in [0.2, 0.25) is 0 Å². The topological polar surface area (TPSA) is 46.2 Å². The van der Waals surface area contributed by atoms with E-state index in [1.807, 2.05) is 0 Å². The Morgan fingerprint density at radius 3 is 2.90 bits per heavy atom.